The maximum absolute atomic E-state index is 12.1. The number of ether oxygens (including phenoxy) is 1. The Labute approximate surface area is 104 Å². The second-order valence-corrected chi connectivity index (χ2v) is 6.76. The van der Waals surface area contributed by atoms with Crippen LogP contribution in [0.25, 0.3) is 0 Å². The fourth-order valence-corrected chi connectivity index (χ4v) is 3.45. The maximum atomic E-state index is 12.1. The predicted molar refractivity (Wildman–Crippen MR) is 68.3 cm³/mol. The molecule has 102 valence electrons. The van der Waals surface area contributed by atoms with E-state index in [1.807, 2.05) is 13.8 Å². The molecule has 0 aliphatic heterocycles. The first kappa shape index (κ1) is 14.9. The highest BCUT2D eigenvalue weighted by atomic mass is 32.2. The van der Waals surface area contributed by atoms with Gasteiger partial charge in [0, 0.05) is 19.1 Å². The Morgan fingerprint density at radius 1 is 1.41 bits per heavy atom. The summed E-state index contributed by atoms with van der Waals surface area (Å²) in [5, 5.41) is 0. The number of rotatable bonds is 8. The molecule has 0 aromatic heterocycles. The van der Waals surface area contributed by atoms with E-state index in [4.69, 9.17) is 10.5 Å². The van der Waals surface area contributed by atoms with Crippen molar-refractivity contribution in [1.82, 2.24) is 4.31 Å². The number of hydrogen-bond donors (Lipinski definition) is 1. The standard InChI is InChI=1S/C11H24N2O3S/c1-10(2)16-8-9-17(14,15)13(7-6-12)11-4-3-5-11/h10-11H,3-9,12H2,1-2H3. The van der Waals surface area contributed by atoms with Crippen molar-refractivity contribution in [1.29, 1.82) is 0 Å². The summed E-state index contributed by atoms with van der Waals surface area (Å²) in [5.41, 5.74) is 5.48. The lowest BCUT2D eigenvalue weighted by molar-refractivity contribution is 0.0901. The van der Waals surface area contributed by atoms with Crippen LogP contribution in [0.15, 0.2) is 0 Å². The first-order chi connectivity index (χ1) is 7.97. The van der Waals surface area contributed by atoms with E-state index >= 15 is 0 Å². The van der Waals surface area contributed by atoms with E-state index in [1.165, 1.54) is 0 Å². The average Bonchev–Trinajstić information content (AvgIpc) is 2.13. The average molecular weight is 264 g/mol. The van der Waals surface area contributed by atoms with Crippen molar-refractivity contribution < 1.29 is 13.2 Å². The second kappa shape index (κ2) is 6.68. The van der Waals surface area contributed by atoms with Crippen LogP contribution in [0.2, 0.25) is 0 Å². The summed E-state index contributed by atoms with van der Waals surface area (Å²) >= 11 is 0. The lowest BCUT2D eigenvalue weighted by Crippen LogP contribution is -2.47. The van der Waals surface area contributed by atoms with Crippen molar-refractivity contribution in [3.63, 3.8) is 0 Å². The molecule has 0 radical (unpaired) electrons. The first-order valence-electron chi connectivity index (χ1n) is 6.28. The molecule has 1 rings (SSSR count). The summed E-state index contributed by atoms with van der Waals surface area (Å²) in [6, 6.07) is 0.169. The quantitative estimate of drug-likeness (QED) is 0.695. The van der Waals surface area contributed by atoms with Crippen molar-refractivity contribution in [3.05, 3.63) is 0 Å². The normalized spacial score (nSPS) is 17.7. The van der Waals surface area contributed by atoms with Crippen molar-refractivity contribution >= 4 is 10.0 Å². The third-order valence-corrected chi connectivity index (χ3v) is 4.86. The summed E-state index contributed by atoms with van der Waals surface area (Å²) in [6.45, 7) is 4.86. The molecule has 1 saturated carbocycles. The van der Waals surface area contributed by atoms with Gasteiger partial charge < -0.3 is 10.5 Å². The zero-order valence-corrected chi connectivity index (χ0v) is 11.6. The van der Waals surface area contributed by atoms with Crippen LogP contribution in [0.5, 0.6) is 0 Å². The molecule has 6 heteroatoms. The monoisotopic (exact) mass is 264 g/mol. The van der Waals surface area contributed by atoms with Gasteiger partial charge in [-0.25, -0.2) is 8.42 Å². The Kier molecular flexibility index (Phi) is 5.85. The number of sulfonamides is 1. The molecular formula is C11H24N2O3S. The molecule has 2 N–H and O–H groups in total. The summed E-state index contributed by atoms with van der Waals surface area (Å²) in [6.07, 6.45) is 3.11. The van der Waals surface area contributed by atoms with Gasteiger partial charge in [0.1, 0.15) is 0 Å². The Morgan fingerprint density at radius 2 is 2.06 bits per heavy atom. The highest BCUT2D eigenvalue weighted by Gasteiger charge is 2.32. The van der Waals surface area contributed by atoms with E-state index in [-0.39, 0.29) is 24.5 Å². The van der Waals surface area contributed by atoms with Gasteiger partial charge in [0.2, 0.25) is 10.0 Å². The van der Waals surface area contributed by atoms with Crippen LogP contribution in [0, 0.1) is 0 Å². The largest absolute Gasteiger partial charge is 0.378 e. The summed E-state index contributed by atoms with van der Waals surface area (Å²) in [4.78, 5) is 0. The van der Waals surface area contributed by atoms with Crippen LogP contribution in [0.1, 0.15) is 33.1 Å². The smallest absolute Gasteiger partial charge is 0.216 e. The van der Waals surface area contributed by atoms with Gasteiger partial charge in [0.05, 0.1) is 18.5 Å². The van der Waals surface area contributed by atoms with Gasteiger partial charge in [0.25, 0.3) is 0 Å². The minimum Gasteiger partial charge on any atom is -0.378 e. The molecular weight excluding hydrogens is 240 g/mol. The summed E-state index contributed by atoms with van der Waals surface area (Å²) < 4.78 is 31.1. The molecule has 0 aromatic rings. The molecule has 1 fully saturated rings. The zero-order chi connectivity index (χ0) is 12.9. The zero-order valence-electron chi connectivity index (χ0n) is 10.8. The van der Waals surface area contributed by atoms with E-state index in [9.17, 15) is 8.42 Å². The van der Waals surface area contributed by atoms with Gasteiger partial charge in [-0.3, -0.25) is 0 Å². The molecule has 1 aliphatic carbocycles. The highest BCUT2D eigenvalue weighted by molar-refractivity contribution is 7.89. The van der Waals surface area contributed by atoms with Crippen LogP contribution in [-0.4, -0.2) is 50.3 Å². The third kappa shape index (κ3) is 4.54. The molecule has 0 aromatic carbocycles. The van der Waals surface area contributed by atoms with Gasteiger partial charge in [0.15, 0.2) is 0 Å². The van der Waals surface area contributed by atoms with E-state index in [1.54, 1.807) is 4.31 Å². The SMILES string of the molecule is CC(C)OCCS(=O)(=O)N(CCN)C1CCC1. The fourth-order valence-electron chi connectivity index (χ4n) is 1.86. The molecule has 0 saturated heterocycles. The lowest BCUT2D eigenvalue weighted by Gasteiger charge is -2.36. The van der Waals surface area contributed by atoms with Gasteiger partial charge in [-0.05, 0) is 26.7 Å². The maximum Gasteiger partial charge on any atom is 0.216 e. The first-order valence-corrected chi connectivity index (χ1v) is 7.89. The Balaban J connectivity index is 2.51. The van der Waals surface area contributed by atoms with Gasteiger partial charge >= 0.3 is 0 Å². The van der Waals surface area contributed by atoms with Crippen LogP contribution in [0.3, 0.4) is 0 Å². The molecule has 0 bridgehead atoms. The van der Waals surface area contributed by atoms with E-state index in [0.717, 1.165) is 19.3 Å². The Morgan fingerprint density at radius 3 is 2.47 bits per heavy atom. The number of nitrogens with zero attached hydrogens (tertiary/aromatic N) is 1. The number of hydrogen-bond acceptors (Lipinski definition) is 4. The second-order valence-electron chi connectivity index (χ2n) is 4.72. The van der Waals surface area contributed by atoms with Gasteiger partial charge in [-0.1, -0.05) is 6.42 Å². The molecule has 0 spiro atoms. The molecule has 5 nitrogen and oxygen atoms in total. The van der Waals surface area contributed by atoms with Gasteiger partial charge in [-0.2, -0.15) is 4.31 Å². The molecule has 17 heavy (non-hydrogen) atoms. The molecule has 1 aliphatic rings. The minimum absolute atomic E-state index is 0.0572. The van der Waals surface area contributed by atoms with Crippen LogP contribution >= 0.6 is 0 Å². The van der Waals surface area contributed by atoms with Gasteiger partial charge in [-0.15, -0.1) is 0 Å². The topological polar surface area (TPSA) is 72.6 Å². The molecule has 0 amide bonds. The molecule has 0 heterocycles. The molecule has 0 unspecified atom stereocenters. The number of nitrogens with two attached hydrogens (primary N) is 1. The van der Waals surface area contributed by atoms with Crippen molar-refractivity contribution in [2.45, 2.75) is 45.3 Å². The van der Waals surface area contributed by atoms with Crippen molar-refractivity contribution in [2.24, 2.45) is 5.73 Å². The van der Waals surface area contributed by atoms with Crippen LogP contribution in [-0.2, 0) is 14.8 Å². The van der Waals surface area contributed by atoms with E-state index in [2.05, 4.69) is 0 Å². The minimum atomic E-state index is -3.21. The van der Waals surface area contributed by atoms with Crippen LogP contribution in [0.4, 0.5) is 0 Å². The highest BCUT2D eigenvalue weighted by Crippen LogP contribution is 2.26. The fraction of sp³-hybridized carbons (Fsp3) is 1.00. The predicted octanol–water partition coefficient (Wildman–Crippen LogP) is 0.554. The van der Waals surface area contributed by atoms with Crippen molar-refractivity contribution in [2.75, 3.05) is 25.4 Å². The molecule has 0 atom stereocenters. The third-order valence-electron chi connectivity index (χ3n) is 2.98. The lowest BCUT2D eigenvalue weighted by atomic mass is 9.93. The van der Waals surface area contributed by atoms with E-state index in [0.29, 0.717) is 13.1 Å². The summed E-state index contributed by atoms with van der Waals surface area (Å²) in [5.74, 6) is 0.0572. The summed E-state index contributed by atoms with van der Waals surface area (Å²) in [7, 11) is -3.21. The Hall–Kier alpha value is -0.170. The Bertz CT molecular complexity index is 313. The van der Waals surface area contributed by atoms with Crippen LogP contribution < -0.4 is 5.73 Å². The van der Waals surface area contributed by atoms with Crippen molar-refractivity contribution in [3.8, 4) is 0 Å². The van der Waals surface area contributed by atoms with E-state index < -0.39 is 10.0 Å².